The van der Waals surface area contributed by atoms with Crippen LogP contribution in [0, 0.1) is 0 Å². The lowest BCUT2D eigenvalue weighted by atomic mass is 10.2. The highest BCUT2D eigenvalue weighted by Gasteiger charge is 2.29. The molecule has 0 spiro atoms. The summed E-state index contributed by atoms with van der Waals surface area (Å²) < 4.78 is 40.7. The topological polar surface area (TPSA) is 26.3 Å². The molecule has 0 saturated heterocycles. The van der Waals surface area contributed by atoms with E-state index >= 15 is 0 Å². The second-order valence-electron chi connectivity index (χ2n) is 5.09. The van der Waals surface area contributed by atoms with Crippen LogP contribution in [0.2, 0.25) is 0 Å². The third-order valence-electron chi connectivity index (χ3n) is 2.44. The molecule has 0 unspecified atom stereocenters. The highest BCUT2D eigenvalue weighted by Crippen LogP contribution is 2.29. The quantitative estimate of drug-likeness (QED) is 0.461. The molecule has 0 amide bonds. The maximum Gasteiger partial charge on any atom is 0.389 e. The largest absolute Gasteiger partial charge is 0.464 e. The van der Waals surface area contributed by atoms with Crippen LogP contribution >= 0.6 is 11.8 Å². The van der Waals surface area contributed by atoms with Crippen molar-refractivity contribution in [2.24, 2.45) is 0 Å². The van der Waals surface area contributed by atoms with Gasteiger partial charge in [-0.2, -0.15) is 24.9 Å². The smallest absolute Gasteiger partial charge is 0.389 e. The normalized spacial score (nSPS) is 12.5. The van der Waals surface area contributed by atoms with Gasteiger partial charge in [-0.25, -0.2) is 0 Å². The predicted octanol–water partition coefficient (Wildman–Crippen LogP) is 4.57. The first-order chi connectivity index (χ1) is 8.66. The minimum atomic E-state index is -4.13. The fraction of sp³-hybridized carbons (Fsp3) is 0.923. The Morgan fingerprint density at radius 3 is 2.37 bits per heavy atom. The van der Waals surface area contributed by atoms with Crippen LogP contribution < -0.4 is 0 Å². The summed E-state index contributed by atoms with van der Waals surface area (Å²) in [6.07, 6.45) is -1.73. The molecule has 6 heteroatoms. The number of carbonyl (C=O) groups excluding carboxylic acids is 1. The van der Waals surface area contributed by atoms with E-state index < -0.39 is 17.3 Å². The van der Waals surface area contributed by atoms with Crippen LogP contribution in [-0.4, -0.2) is 29.3 Å². The minimum absolute atomic E-state index is 0.0100. The Balaban J connectivity index is 3.80. The highest BCUT2D eigenvalue weighted by atomic mass is 32.2. The van der Waals surface area contributed by atoms with Crippen molar-refractivity contribution in [3.8, 4) is 0 Å². The lowest BCUT2D eigenvalue weighted by molar-refractivity contribution is -0.144. The third kappa shape index (κ3) is 12.4. The Labute approximate surface area is 117 Å². The number of halogens is 3. The van der Waals surface area contributed by atoms with Gasteiger partial charge in [0.25, 0.3) is 0 Å². The van der Waals surface area contributed by atoms with Crippen LogP contribution in [0.3, 0.4) is 0 Å². The molecule has 0 bridgehead atoms. The zero-order valence-corrected chi connectivity index (χ0v) is 12.6. The summed E-state index contributed by atoms with van der Waals surface area (Å²) in [5.41, 5.74) is 0. The number of ether oxygens (including phenoxy) is 1. The summed E-state index contributed by atoms with van der Waals surface area (Å²) in [5.74, 6) is -0.276. The number of thioether (sulfide) groups is 1. The summed E-state index contributed by atoms with van der Waals surface area (Å²) in [7, 11) is 0. The van der Waals surface area contributed by atoms with Gasteiger partial charge in [-0.3, -0.25) is 4.79 Å². The summed E-state index contributed by atoms with van der Waals surface area (Å²) in [4.78, 5) is 11.4. The summed E-state index contributed by atoms with van der Waals surface area (Å²) in [5, 5.41) is 0. The number of carbonyl (C=O) groups is 1. The molecule has 0 aliphatic heterocycles. The number of esters is 1. The molecule has 0 fully saturated rings. The Bertz CT molecular complexity index is 265. The molecule has 0 rings (SSSR count). The first kappa shape index (κ1) is 18.6. The monoisotopic (exact) mass is 300 g/mol. The number of hydrogen-bond acceptors (Lipinski definition) is 3. The molecule has 0 aliphatic rings. The molecule has 114 valence electrons. The first-order valence-corrected chi connectivity index (χ1v) is 7.51. The molecular formula is C13H23F3O2S. The number of alkyl halides is 3. The van der Waals surface area contributed by atoms with E-state index in [4.69, 9.17) is 4.74 Å². The number of unbranched alkanes of at least 4 members (excludes halogenated alkanes) is 2. The molecule has 2 nitrogen and oxygen atoms in total. The van der Waals surface area contributed by atoms with E-state index in [-0.39, 0.29) is 18.3 Å². The van der Waals surface area contributed by atoms with Crippen LogP contribution in [-0.2, 0) is 9.53 Å². The van der Waals surface area contributed by atoms with Crippen molar-refractivity contribution in [1.29, 1.82) is 0 Å². The van der Waals surface area contributed by atoms with Crippen LogP contribution in [0.25, 0.3) is 0 Å². The molecule has 0 heterocycles. The van der Waals surface area contributed by atoms with Crippen molar-refractivity contribution in [3.63, 3.8) is 0 Å². The van der Waals surface area contributed by atoms with Crippen molar-refractivity contribution in [2.75, 3.05) is 12.4 Å². The lowest BCUT2D eigenvalue weighted by Gasteiger charge is -2.23. The number of hydrogen-bond donors (Lipinski definition) is 0. The third-order valence-corrected chi connectivity index (χ3v) is 3.75. The van der Waals surface area contributed by atoms with Gasteiger partial charge in [0.15, 0.2) is 0 Å². The average molecular weight is 300 g/mol. The van der Waals surface area contributed by atoms with Gasteiger partial charge in [-0.15, -0.1) is 0 Å². The molecule has 0 radical (unpaired) electrons. The zero-order chi connectivity index (χ0) is 14.9. The minimum Gasteiger partial charge on any atom is -0.464 e. The Morgan fingerprint density at radius 2 is 1.84 bits per heavy atom. The Morgan fingerprint density at radius 1 is 1.21 bits per heavy atom. The first-order valence-electron chi connectivity index (χ1n) is 6.52. The maximum absolute atomic E-state index is 12.0. The van der Waals surface area contributed by atoms with E-state index in [1.54, 1.807) is 13.8 Å². The molecule has 0 aliphatic carbocycles. The fourth-order valence-corrected chi connectivity index (χ4v) is 2.36. The van der Waals surface area contributed by atoms with Crippen LogP contribution in [0.4, 0.5) is 13.2 Å². The Hall–Kier alpha value is -0.390. The molecule has 0 aromatic heterocycles. The standard InChI is InChI=1S/C13H23F3O2S/c1-4-5-6-7-11(17)18-10-12(2,3)19-9-8-13(14,15)16/h4-10H2,1-3H3. The van der Waals surface area contributed by atoms with Crippen LogP contribution in [0.15, 0.2) is 0 Å². The molecule has 0 aromatic rings. The van der Waals surface area contributed by atoms with Crippen LogP contribution in [0.1, 0.15) is 52.9 Å². The average Bonchev–Trinajstić information content (AvgIpc) is 2.25. The summed E-state index contributed by atoms with van der Waals surface area (Å²) >= 11 is 1.18. The SMILES string of the molecule is CCCCCC(=O)OCC(C)(C)SCCC(F)(F)F. The van der Waals surface area contributed by atoms with Gasteiger partial charge in [0, 0.05) is 16.9 Å². The van der Waals surface area contributed by atoms with Crippen molar-refractivity contribution >= 4 is 17.7 Å². The van der Waals surface area contributed by atoms with Gasteiger partial charge < -0.3 is 4.74 Å². The van der Waals surface area contributed by atoms with Crippen molar-refractivity contribution in [3.05, 3.63) is 0 Å². The van der Waals surface area contributed by atoms with E-state index in [1.807, 2.05) is 6.92 Å². The van der Waals surface area contributed by atoms with Gasteiger partial charge in [-0.1, -0.05) is 19.8 Å². The number of rotatable bonds is 9. The lowest BCUT2D eigenvalue weighted by Crippen LogP contribution is -2.26. The van der Waals surface area contributed by atoms with E-state index in [1.165, 1.54) is 11.8 Å². The second-order valence-corrected chi connectivity index (χ2v) is 6.89. The molecular weight excluding hydrogens is 277 g/mol. The second kappa shape index (κ2) is 8.72. The van der Waals surface area contributed by atoms with Gasteiger partial charge in [-0.05, 0) is 20.3 Å². The maximum atomic E-state index is 12.0. The van der Waals surface area contributed by atoms with Gasteiger partial charge in [0.1, 0.15) is 6.61 Å². The highest BCUT2D eigenvalue weighted by molar-refractivity contribution is 8.00. The van der Waals surface area contributed by atoms with Gasteiger partial charge in [0.2, 0.25) is 0 Å². The molecule has 0 aromatic carbocycles. The van der Waals surface area contributed by atoms with Gasteiger partial charge >= 0.3 is 12.1 Å². The molecule has 19 heavy (non-hydrogen) atoms. The van der Waals surface area contributed by atoms with E-state index in [0.717, 1.165) is 19.3 Å². The van der Waals surface area contributed by atoms with Crippen molar-refractivity contribution in [2.45, 2.75) is 63.8 Å². The molecule has 0 N–H and O–H groups in total. The van der Waals surface area contributed by atoms with Crippen molar-refractivity contribution in [1.82, 2.24) is 0 Å². The summed E-state index contributed by atoms with van der Waals surface area (Å²) in [6.45, 7) is 5.77. The fourth-order valence-electron chi connectivity index (χ4n) is 1.33. The zero-order valence-electron chi connectivity index (χ0n) is 11.8. The van der Waals surface area contributed by atoms with E-state index in [2.05, 4.69) is 0 Å². The van der Waals surface area contributed by atoms with Crippen LogP contribution in [0.5, 0.6) is 0 Å². The molecule has 0 saturated carbocycles. The summed E-state index contributed by atoms with van der Waals surface area (Å²) in [6, 6.07) is 0. The molecule has 0 atom stereocenters. The predicted molar refractivity (Wildman–Crippen MR) is 72.3 cm³/mol. The Kier molecular flexibility index (Phi) is 8.54. The van der Waals surface area contributed by atoms with Crippen molar-refractivity contribution < 1.29 is 22.7 Å². The van der Waals surface area contributed by atoms with E-state index in [0.29, 0.717) is 6.42 Å². The van der Waals surface area contributed by atoms with E-state index in [9.17, 15) is 18.0 Å². The van der Waals surface area contributed by atoms with Gasteiger partial charge in [0.05, 0.1) is 6.42 Å².